The van der Waals surface area contributed by atoms with E-state index in [1.165, 1.54) is 0 Å². The number of hydrogen-bond acceptors (Lipinski definition) is 2. The van der Waals surface area contributed by atoms with Gasteiger partial charge in [0.25, 0.3) is 5.92 Å². The van der Waals surface area contributed by atoms with E-state index >= 15 is 0 Å². The van der Waals surface area contributed by atoms with Gasteiger partial charge < -0.3 is 10.5 Å². The summed E-state index contributed by atoms with van der Waals surface area (Å²) in [4.78, 5) is 0. The molecule has 1 aliphatic carbocycles. The van der Waals surface area contributed by atoms with Gasteiger partial charge in [0.05, 0.1) is 18.6 Å². The lowest BCUT2D eigenvalue weighted by molar-refractivity contribution is 0.0894. The van der Waals surface area contributed by atoms with Gasteiger partial charge in [0, 0.05) is 13.0 Å². The van der Waals surface area contributed by atoms with Crippen molar-refractivity contribution in [2.24, 2.45) is 5.73 Å². The molecule has 0 radical (unpaired) electrons. The van der Waals surface area contributed by atoms with Crippen LogP contribution in [0.1, 0.15) is 23.1 Å². The highest BCUT2D eigenvalue weighted by atomic mass is 19.3. The van der Waals surface area contributed by atoms with Crippen molar-refractivity contribution < 1.29 is 13.5 Å². The lowest BCUT2D eigenvalue weighted by atomic mass is 9.90. The van der Waals surface area contributed by atoms with Crippen molar-refractivity contribution in [1.82, 2.24) is 0 Å². The van der Waals surface area contributed by atoms with E-state index in [-0.39, 0.29) is 13.0 Å². The molecule has 3 rings (SSSR count). The Morgan fingerprint density at radius 3 is 2.71 bits per heavy atom. The van der Waals surface area contributed by atoms with Crippen LogP contribution in [0.5, 0.6) is 0 Å². The molecule has 1 aromatic carbocycles. The minimum Gasteiger partial charge on any atom is -0.376 e. The zero-order chi connectivity index (χ0) is 12.1. The van der Waals surface area contributed by atoms with Crippen molar-refractivity contribution in [2.45, 2.75) is 30.8 Å². The Morgan fingerprint density at radius 2 is 2.06 bits per heavy atom. The Morgan fingerprint density at radius 1 is 1.29 bits per heavy atom. The summed E-state index contributed by atoms with van der Waals surface area (Å²) in [6.45, 7) is 1.26. The SMILES string of the molecule is NCC1(c2ccc3c(c2)CCOC3)CC1(F)F. The molecule has 4 heteroatoms. The molecule has 1 fully saturated rings. The van der Waals surface area contributed by atoms with Crippen molar-refractivity contribution in [3.8, 4) is 0 Å². The maximum atomic E-state index is 13.5. The molecule has 1 aromatic rings. The van der Waals surface area contributed by atoms with Gasteiger partial charge in [-0.15, -0.1) is 0 Å². The smallest absolute Gasteiger partial charge is 0.260 e. The van der Waals surface area contributed by atoms with Crippen molar-refractivity contribution in [2.75, 3.05) is 13.2 Å². The summed E-state index contributed by atoms with van der Waals surface area (Å²) in [6, 6.07) is 5.57. The Hall–Kier alpha value is -1.00. The Kier molecular flexibility index (Phi) is 2.28. The van der Waals surface area contributed by atoms with Crippen LogP contribution in [-0.2, 0) is 23.2 Å². The summed E-state index contributed by atoms with van der Waals surface area (Å²) in [7, 11) is 0. The Balaban J connectivity index is 2.00. The molecule has 2 N–H and O–H groups in total. The molecule has 2 nitrogen and oxygen atoms in total. The van der Waals surface area contributed by atoms with Gasteiger partial charge in [-0.3, -0.25) is 0 Å². The minimum absolute atomic E-state index is 0.00921. The fourth-order valence-corrected chi connectivity index (χ4v) is 2.65. The molecule has 17 heavy (non-hydrogen) atoms. The highest BCUT2D eigenvalue weighted by molar-refractivity contribution is 5.43. The quantitative estimate of drug-likeness (QED) is 0.856. The molecular formula is C13H15F2NO. The first-order chi connectivity index (χ1) is 8.09. The van der Waals surface area contributed by atoms with Gasteiger partial charge in [-0.05, 0) is 23.1 Å². The lowest BCUT2D eigenvalue weighted by Gasteiger charge is -2.20. The van der Waals surface area contributed by atoms with Crippen LogP contribution in [0.25, 0.3) is 0 Å². The minimum atomic E-state index is -2.64. The number of rotatable bonds is 2. The topological polar surface area (TPSA) is 35.2 Å². The maximum Gasteiger partial charge on any atom is 0.260 e. The van der Waals surface area contributed by atoms with Crippen molar-refractivity contribution in [3.05, 3.63) is 34.9 Å². The molecule has 0 amide bonds. The number of alkyl halides is 2. The molecule has 0 aromatic heterocycles. The first-order valence-electron chi connectivity index (χ1n) is 5.87. The number of hydrogen-bond donors (Lipinski definition) is 1. The van der Waals surface area contributed by atoms with Crippen LogP contribution in [0.4, 0.5) is 8.78 Å². The van der Waals surface area contributed by atoms with E-state index in [1.807, 2.05) is 12.1 Å². The molecule has 0 saturated heterocycles. The molecule has 1 unspecified atom stereocenters. The van der Waals surface area contributed by atoms with Gasteiger partial charge in [0.1, 0.15) is 0 Å². The van der Waals surface area contributed by atoms with Crippen LogP contribution in [-0.4, -0.2) is 19.1 Å². The largest absolute Gasteiger partial charge is 0.376 e. The highest BCUT2D eigenvalue weighted by Crippen LogP contribution is 2.61. The number of fused-ring (bicyclic) bond motifs is 1. The molecule has 1 aliphatic heterocycles. The molecule has 1 saturated carbocycles. The molecule has 0 spiro atoms. The van der Waals surface area contributed by atoms with Crippen LogP contribution in [0, 0.1) is 0 Å². The lowest BCUT2D eigenvalue weighted by Crippen LogP contribution is -2.27. The van der Waals surface area contributed by atoms with Gasteiger partial charge in [0.2, 0.25) is 0 Å². The van der Waals surface area contributed by atoms with Gasteiger partial charge >= 0.3 is 0 Å². The Bertz CT molecular complexity index is 461. The summed E-state index contributed by atoms with van der Waals surface area (Å²) in [5, 5.41) is 0. The number of halogens is 2. The molecular weight excluding hydrogens is 224 g/mol. The molecule has 1 atom stereocenters. The van der Waals surface area contributed by atoms with Crippen LogP contribution >= 0.6 is 0 Å². The number of nitrogens with two attached hydrogens (primary N) is 1. The fourth-order valence-electron chi connectivity index (χ4n) is 2.65. The third kappa shape index (κ3) is 1.51. The van der Waals surface area contributed by atoms with Crippen LogP contribution in [0.3, 0.4) is 0 Å². The molecule has 2 aliphatic rings. The summed E-state index contributed by atoms with van der Waals surface area (Å²) < 4.78 is 32.3. The first kappa shape index (κ1) is 11.1. The second kappa shape index (κ2) is 3.50. The van der Waals surface area contributed by atoms with Gasteiger partial charge in [0.15, 0.2) is 0 Å². The van der Waals surface area contributed by atoms with Crippen molar-refractivity contribution in [3.63, 3.8) is 0 Å². The van der Waals surface area contributed by atoms with E-state index < -0.39 is 11.3 Å². The van der Waals surface area contributed by atoms with E-state index in [1.54, 1.807) is 6.07 Å². The van der Waals surface area contributed by atoms with Crippen molar-refractivity contribution in [1.29, 1.82) is 0 Å². The summed E-state index contributed by atoms with van der Waals surface area (Å²) in [6.07, 6.45) is 0.682. The fraction of sp³-hybridized carbons (Fsp3) is 0.538. The van der Waals surface area contributed by atoms with Crippen LogP contribution in [0.2, 0.25) is 0 Å². The van der Waals surface area contributed by atoms with E-state index in [0.29, 0.717) is 18.8 Å². The standard InChI is InChI=1S/C13H15F2NO/c14-13(15)7-12(13,8-16)11-2-1-10-6-17-4-3-9(10)5-11/h1-2,5H,3-4,6-8,16H2. The van der Waals surface area contributed by atoms with E-state index in [2.05, 4.69) is 0 Å². The zero-order valence-electron chi connectivity index (χ0n) is 9.51. The van der Waals surface area contributed by atoms with Crippen LogP contribution in [0.15, 0.2) is 18.2 Å². The number of ether oxygens (including phenoxy) is 1. The van der Waals surface area contributed by atoms with Crippen molar-refractivity contribution >= 4 is 0 Å². The van der Waals surface area contributed by atoms with Gasteiger partial charge in [-0.2, -0.15) is 0 Å². The van der Waals surface area contributed by atoms with Gasteiger partial charge in [-0.1, -0.05) is 18.2 Å². The normalized spacial score (nSPS) is 29.8. The van der Waals surface area contributed by atoms with E-state index in [0.717, 1.165) is 17.5 Å². The van der Waals surface area contributed by atoms with E-state index in [4.69, 9.17) is 10.5 Å². The Labute approximate surface area is 98.8 Å². The van der Waals surface area contributed by atoms with Gasteiger partial charge in [-0.25, -0.2) is 8.78 Å². The number of benzene rings is 1. The summed E-state index contributed by atoms with van der Waals surface area (Å²) in [5.41, 5.74) is 7.36. The summed E-state index contributed by atoms with van der Waals surface area (Å²) in [5.74, 6) is -2.64. The van der Waals surface area contributed by atoms with E-state index in [9.17, 15) is 8.78 Å². The predicted molar refractivity (Wildman–Crippen MR) is 60.1 cm³/mol. The third-order valence-electron chi connectivity index (χ3n) is 3.98. The maximum absolute atomic E-state index is 13.5. The molecule has 92 valence electrons. The zero-order valence-corrected chi connectivity index (χ0v) is 9.51. The average Bonchev–Trinajstić information content (AvgIpc) is 2.92. The third-order valence-corrected chi connectivity index (χ3v) is 3.98. The second-order valence-electron chi connectivity index (χ2n) is 4.95. The predicted octanol–water partition coefficient (Wildman–Crippen LogP) is 1.99. The first-order valence-corrected chi connectivity index (χ1v) is 5.87. The molecule has 0 bridgehead atoms. The highest BCUT2D eigenvalue weighted by Gasteiger charge is 2.71. The van der Waals surface area contributed by atoms with Crippen LogP contribution < -0.4 is 5.73 Å². The molecule has 1 heterocycles. The summed E-state index contributed by atoms with van der Waals surface area (Å²) >= 11 is 0. The average molecular weight is 239 g/mol. The second-order valence-corrected chi connectivity index (χ2v) is 4.95. The monoisotopic (exact) mass is 239 g/mol.